The molecule has 0 atom stereocenters. The molecule has 2 aromatic heterocycles. The molecular formula is C23H25ClN4O3S. The van der Waals surface area contributed by atoms with Crippen LogP contribution in [0.2, 0.25) is 5.02 Å². The highest BCUT2D eigenvalue weighted by Gasteiger charge is 2.32. The first-order chi connectivity index (χ1) is 15.4. The zero-order valence-corrected chi connectivity index (χ0v) is 19.6. The number of aromatic nitrogens is 2. The smallest absolute Gasteiger partial charge is 0.263 e. The van der Waals surface area contributed by atoms with Gasteiger partial charge in [0, 0.05) is 25.0 Å². The summed E-state index contributed by atoms with van der Waals surface area (Å²) in [5.41, 5.74) is 0.665. The second-order valence-corrected chi connectivity index (χ2v) is 9.44. The lowest BCUT2D eigenvalue weighted by Crippen LogP contribution is -2.46. The molecule has 7 nitrogen and oxygen atoms in total. The molecule has 0 spiro atoms. The van der Waals surface area contributed by atoms with Gasteiger partial charge in [-0.15, -0.1) is 21.5 Å². The second-order valence-electron chi connectivity index (χ2n) is 8.08. The summed E-state index contributed by atoms with van der Waals surface area (Å²) in [5.74, 6) is 0.676. The molecule has 168 valence electrons. The average Bonchev–Trinajstić information content (AvgIpc) is 3.49. The van der Waals surface area contributed by atoms with E-state index in [9.17, 15) is 9.59 Å². The average molecular weight is 473 g/mol. The number of likely N-dealkylation sites (tertiary alicyclic amines) is 1. The van der Waals surface area contributed by atoms with Gasteiger partial charge in [0.15, 0.2) is 0 Å². The maximum Gasteiger partial charge on any atom is 0.263 e. The molecule has 1 fully saturated rings. The SMILES string of the molecule is CC(C)N(Cc1nnc(-c2ccccc2Cl)o1)C(=O)C1CCN(C(=O)c2cccs2)CC1. The highest BCUT2D eigenvalue weighted by atomic mass is 35.5. The Bertz CT molecular complexity index is 1070. The molecule has 0 radical (unpaired) electrons. The second kappa shape index (κ2) is 9.83. The Balaban J connectivity index is 1.40. The molecular weight excluding hydrogens is 448 g/mol. The van der Waals surface area contributed by atoms with Crippen molar-refractivity contribution in [3.05, 3.63) is 57.6 Å². The minimum Gasteiger partial charge on any atom is -0.419 e. The first-order valence-electron chi connectivity index (χ1n) is 10.6. The van der Waals surface area contributed by atoms with Gasteiger partial charge in [0.1, 0.15) is 0 Å². The van der Waals surface area contributed by atoms with Gasteiger partial charge >= 0.3 is 0 Å². The van der Waals surface area contributed by atoms with Crippen molar-refractivity contribution in [2.45, 2.75) is 39.3 Å². The van der Waals surface area contributed by atoms with Crippen LogP contribution in [0.1, 0.15) is 42.3 Å². The van der Waals surface area contributed by atoms with Crippen LogP contribution >= 0.6 is 22.9 Å². The number of halogens is 1. The van der Waals surface area contributed by atoms with Gasteiger partial charge in [-0.2, -0.15) is 0 Å². The van der Waals surface area contributed by atoms with Gasteiger partial charge in [0.05, 0.1) is 22.0 Å². The van der Waals surface area contributed by atoms with E-state index in [4.69, 9.17) is 16.0 Å². The summed E-state index contributed by atoms with van der Waals surface area (Å²) in [6.45, 7) is 5.34. The molecule has 32 heavy (non-hydrogen) atoms. The number of hydrogen-bond donors (Lipinski definition) is 0. The van der Waals surface area contributed by atoms with Crippen LogP contribution in [0, 0.1) is 5.92 Å². The topological polar surface area (TPSA) is 79.5 Å². The number of amides is 2. The van der Waals surface area contributed by atoms with Crippen LogP contribution < -0.4 is 0 Å². The first kappa shape index (κ1) is 22.5. The third kappa shape index (κ3) is 4.86. The van der Waals surface area contributed by atoms with Crippen molar-refractivity contribution in [2.24, 2.45) is 5.92 Å². The number of nitrogens with zero attached hydrogens (tertiary/aromatic N) is 4. The molecule has 3 aromatic rings. The number of carbonyl (C=O) groups excluding carboxylic acids is 2. The lowest BCUT2D eigenvalue weighted by Gasteiger charge is -2.35. The fourth-order valence-electron chi connectivity index (χ4n) is 3.84. The number of thiophene rings is 1. The molecule has 4 rings (SSSR count). The molecule has 1 aliphatic rings. The van der Waals surface area contributed by atoms with Crippen molar-refractivity contribution in [1.82, 2.24) is 20.0 Å². The number of carbonyl (C=O) groups is 2. The Morgan fingerprint density at radius 2 is 1.94 bits per heavy atom. The summed E-state index contributed by atoms with van der Waals surface area (Å²) in [5, 5.41) is 10.7. The molecule has 0 saturated carbocycles. The Labute approximate surface area is 196 Å². The fourth-order valence-corrected chi connectivity index (χ4v) is 4.75. The lowest BCUT2D eigenvalue weighted by molar-refractivity contribution is -0.139. The molecule has 0 N–H and O–H groups in total. The van der Waals surface area contributed by atoms with Gasteiger partial charge in [0.25, 0.3) is 5.91 Å². The van der Waals surface area contributed by atoms with Crippen LogP contribution in [0.25, 0.3) is 11.5 Å². The molecule has 1 aliphatic heterocycles. The van der Waals surface area contributed by atoms with Crippen molar-refractivity contribution in [3.8, 4) is 11.5 Å². The van der Waals surface area contributed by atoms with Crippen molar-refractivity contribution >= 4 is 34.8 Å². The summed E-state index contributed by atoms with van der Waals surface area (Å²) in [4.78, 5) is 30.2. The van der Waals surface area contributed by atoms with Crippen molar-refractivity contribution in [1.29, 1.82) is 0 Å². The summed E-state index contributed by atoms with van der Waals surface area (Å²) < 4.78 is 5.81. The minimum atomic E-state index is -0.129. The molecule has 1 aromatic carbocycles. The first-order valence-corrected chi connectivity index (χ1v) is 11.9. The summed E-state index contributed by atoms with van der Waals surface area (Å²) >= 11 is 7.67. The van der Waals surface area contributed by atoms with E-state index in [-0.39, 0.29) is 30.3 Å². The van der Waals surface area contributed by atoms with Gasteiger partial charge in [0.2, 0.25) is 17.7 Å². The zero-order chi connectivity index (χ0) is 22.7. The van der Waals surface area contributed by atoms with Crippen LogP contribution in [-0.4, -0.2) is 50.9 Å². The highest BCUT2D eigenvalue weighted by Crippen LogP contribution is 2.28. The van der Waals surface area contributed by atoms with Crippen molar-refractivity contribution in [2.75, 3.05) is 13.1 Å². The number of rotatable bonds is 6. The van der Waals surface area contributed by atoms with Crippen molar-refractivity contribution in [3.63, 3.8) is 0 Å². The van der Waals surface area contributed by atoms with E-state index >= 15 is 0 Å². The third-order valence-electron chi connectivity index (χ3n) is 5.65. The van der Waals surface area contributed by atoms with Crippen LogP contribution in [0.4, 0.5) is 0 Å². The standard InChI is InChI=1S/C23H25ClN4O3S/c1-15(2)28(14-20-25-26-21(31-20)17-6-3-4-7-18(17)24)22(29)16-9-11-27(12-10-16)23(30)19-8-5-13-32-19/h3-8,13,15-16H,9-12,14H2,1-2H3. The Morgan fingerprint density at radius 1 is 1.19 bits per heavy atom. The van der Waals surface area contributed by atoms with Gasteiger partial charge in [-0.25, -0.2) is 0 Å². The van der Waals surface area contributed by atoms with E-state index in [1.54, 1.807) is 11.0 Å². The van der Waals surface area contributed by atoms with Gasteiger partial charge in [-0.3, -0.25) is 9.59 Å². The summed E-state index contributed by atoms with van der Waals surface area (Å²) in [6.07, 6.45) is 1.29. The normalized spacial score (nSPS) is 14.7. The van der Waals surface area contributed by atoms with Gasteiger partial charge in [-0.1, -0.05) is 29.8 Å². The maximum absolute atomic E-state index is 13.3. The van der Waals surface area contributed by atoms with Crippen LogP contribution in [-0.2, 0) is 11.3 Å². The van der Waals surface area contributed by atoms with E-state index in [2.05, 4.69) is 10.2 Å². The van der Waals surface area contributed by atoms with E-state index in [1.807, 2.05) is 54.5 Å². The molecule has 0 aliphatic carbocycles. The number of piperidine rings is 1. The lowest BCUT2D eigenvalue weighted by atomic mass is 9.94. The Morgan fingerprint density at radius 3 is 2.59 bits per heavy atom. The number of hydrogen-bond acceptors (Lipinski definition) is 6. The Kier molecular flexibility index (Phi) is 6.91. The Hall–Kier alpha value is -2.71. The predicted molar refractivity (Wildman–Crippen MR) is 123 cm³/mol. The molecule has 3 heterocycles. The van der Waals surface area contributed by atoms with E-state index in [1.165, 1.54) is 11.3 Å². The minimum absolute atomic E-state index is 0.0241. The van der Waals surface area contributed by atoms with Gasteiger partial charge < -0.3 is 14.2 Å². The molecule has 0 bridgehead atoms. The van der Waals surface area contributed by atoms with Crippen LogP contribution in [0.5, 0.6) is 0 Å². The van der Waals surface area contributed by atoms with E-state index in [0.29, 0.717) is 48.3 Å². The maximum atomic E-state index is 13.3. The predicted octanol–water partition coefficient (Wildman–Crippen LogP) is 4.74. The van der Waals surface area contributed by atoms with Crippen LogP contribution in [0.15, 0.2) is 46.2 Å². The largest absolute Gasteiger partial charge is 0.419 e. The molecule has 9 heteroatoms. The van der Waals surface area contributed by atoms with Gasteiger partial charge in [-0.05, 0) is 50.3 Å². The number of benzene rings is 1. The quantitative estimate of drug-likeness (QED) is 0.517. The molecule has 0 unspecified atom stereocenters. The van der Waals surface area contributed by atoms with Crippen molar-refractivity contribution < 1.29 is 14.0 Å². The van der Waals surface area contributed by atoms with Crippen LogP contribution in [0.3, 0.4) is 0 Å². The van der Waals surface area contributed by atoms with E-state index in [0.717, 1.165) is 4.88 Å². The zero-order valence-electron chi connectivity index (χ0n) is 18.0. The molecule has 1 saturated heterocycles. The highest BCUT2D eigenvalue weighted by molar-refractivity contribution is 7.12. The monoisotopic (exact) mass is 472 g/mol. The third-order valence-corrected chi connectivity index (χ3v) is 6.83. The summed E-state index contributed by atoms with van der Waals surface area (Å²) in [6, 6.07) is 11.0. The molecule has 2 amide bonds. The summed E-state index contributed by atoms with van der Waals surface area (Å²) in [7, 11) is 0. The van der Waals surface area contributed by atoms with E-state index < -0.39 is 0 Å². The fraction of sp³-hybridized carbons (Fsp3) is 0.391.